The van der Waals surface area contributed by atoms with Gasteiger partial charge in [0.1, 0.15) is 0 Å². The lowest BCUT2D eigenvalue weighted by molar-refractivity contribution is 0.155. The molecule has 1 heterocycles. The maximum atomic E-state index is 5.76. The van der Waals surface area contributed by atoms with Crippen molar-refractivity contribution in [1.29, 1.82) is 0 Å². The standard InChI is InChI=1S/C12H27N3.2ClH/c1-11(2,7-13)9-15(4)10-12(3)5-6-14-8-12;;/h14H,5-10,13H2,1-4H3;2*1H. The van der Waals surface area contributed by atoms with Crippen LogP contribution in [0.4, 0.5) is 0 Å². The molecule has 1 rings (SSSR count). The summed E-state index contributed by atoms with van der Waals surface area (Å²) >= 11 is 0. The molecule has 1 aliphatic heterocycles. The molecule has 1 aliphatic rings. The van der Waals surface area contributed by atoms with Crippen LogP contribution >= 0.6 is 24.8 Å². The number of halogens is 2. The highest BCUT2D eigenvalue weighted by molar-refractivity contribution is 5.85. The first-order valence-electron chi connectivity index (χ1n) is 5.96. The molecule has 0 bridgehead atoms. The Balaban J connectivity index is 0. The molecule has 1 fully saturated rings. The third kappa shape index (κ3) is 6.82. The average Bonchev–Trinajstić information content (AvgIpc) is 2.50. The summed E-state index contributed by atoms with van der Waals surface area (Å²) in [5.41, 5.74) is 6.45. The molecule has 1 atom stereocenters. The van der Waals surface area contributed by atoms with Gasteiger partial charge in [0.15, 0.2) is 0 Å². The summed E-state index contributed by atoms with van der Waals surface area (Å²) in [6.45, 7) is 12.2. The minimum atomic E-state index is 0. The Hall–Kier alpha value is 0.460. The van der Waals surface area contributed by atoms with Crippen molar-refractivity contribution >= 4 is 24.8 Å². The Morgan fingerprint density at radius 1 is 1.35 bits per heavy atom. The Kier molecular flexibility index (Phi) is 9.08. The molecule has 0 amide bonds. The predicted molar refractivity (Wildman–Crippen MR) is 80.4 cm³/mol. The van der Waals surface area contributed by atoms with Crippen LogP contribution in [0.25, 0.3) is 0 Å². The van der Waals surface area contributed by atoms with Gasteiger partial charge in [-0.15, -0.1) is 24.8 Å². The summed E-state index contributed by atoms with van der Waals surface area (Å²) in [6.07, 6.45) is 1.29. The minimum absolute atomic E-state index is 0. The van der Waals surface area contributed by atoms with Crippen molar-refractivity contribution in [2.45, 2.75) is 27.2 Å². The SMILES string of the molecule is CN(CC(C)(C)CN)CC1(C)CCNC1.Cl.Cl. The van der Waals surface area contributed by atoms with Crippen LogP contribution in [-0.2, 0) is 0 Å². The fourth-order valence-electron chi connectivity index (χ4n) is 2.51. The largest absolute Gasteiger partial charge is 0.330 e. The van der Waals surface area contributed by atoms with E-state index >= 15 is 0 Å². The van der Waals surface area contributed by atoms with Gasteiger partial charge >= 0.3 is 0 Å². The van der Waals surface area contributed by atoms with E-state index in [4.69, 9.17) is 5.73 Å². The molecular formula is C12H29Cl2N3. The Morgan fingerprint density at radius 2 is 1.94 bits per heavy atom. The number of nitrogens with zero attached hydrogens (tertiary/aromatic N) is 1. The quantitative estimate of drug-likeness (QED) is 0.809. The third-order valence-electron chi connectivity index (χ3n) is 3.36. The second kappa shape index (κ2) is 7.80. The van der Waals surface area contributed by atoms with Crippen LogP contribution in [0, 0.1) is 10.8 Å². The molecule has 0 aromatic heterocycles. The van der Waals surface area contributed by atoms with Crippen LogP contribution in [0.2, 0.25) is 0 Å². The van der Waals surface area contributed by atoms with E-state index in [9.17, 15) is 0 Å². The molecule has 0 aromatic rings. The van der Waals surface area contributed by atoms with Gasteiger partial charge in [-0.1, -0.05) is 20.8 Å². The lowest BCUT2D eigenvalue weighted by atomic mass is 9.87. The van der Waals surface area contributed by atoms with E-state index in [0.717, 1.165) is 19.6 Å². The smallest absolute Gasteiger partial charge is 0.00451 e. The van der Waals surface area contributed by atoms with E-state index in [2.05, 4.69) is 38.0 Å². The highest BCUT2D eigenvalue weighted by atomic mass is 35.5. The van der Waals surface area contributed by atoms with Crippen LogP contribution in [0.3, 0.4) is 0 Å². The molecular weight excluding hydrogens is 257 g/mol. The van der Waals surface area contributed by atoms with E-state index in [1.807, 2.05) is 0 Å². The molecule has 3 N–H and O–H groups in total. The lowest BCUT2D eigenvalue weighted by Crippen LogP contribution is -2.42. The summed E-state index contributed by atoms with van der Waals surface area (Å²) in [5, 5.41) is 3.44. The molecule has 0 radical (unpaired) electrons. The maximum Gasteiger partial charge on any atom is 0.00451 e. The van der Waals surface area contributed by atoms with Gasteiger partial charge < -0.3 is 16.0 Å². The van der Waals surface area contributed by atoms with Crippen LogP contribution in [-0.4, -0.2) is 44.7 Å². The average molecular weight is 286 g/mol. The molecule has 0 aliphatic carbocycles. The predicted octanol–water partition coefficient (Wildman–Crippen LogP) is 1.75. The fraction of sp³-hybridized carbons (Fsp3) is 1.00. The summed E-state index contributed by atoms with van der Waals surface area (Å²) in [5.74, 6) is 0. The van der Waals surface area contributed by atoms with Gasteiger partial charge in [0.2, 0.25) is 0 Å². The first kappa shape index (κ1) is 19.8. The first-order valence-corrected chi connectivity index (χ1v) is 5.96. The Labute approximate surface area is 119 Å². The van der Waals surface area contributed by atoms with Crippen molar-refractivity contribution < 1.29 is 0 Å². The zero-order valence-corrected chi connectivity index (χ0v) is 13.2. The Bertz CT molecular complexity index is 204. The van der Waals surface area contributed by atoms with E-state index in [1.165, 1.54) is 19.5 Å². The molecule has 106 valence electrons. The third-order valence-corrected chi connectivity index (χ3v) is 3.36. The zero-order valence-electron chi connectivity index (χ0n) is 11.6. The summed E-state index contributed by atoms with van der Waals surface area (Å²) in [7, 11) is 2.21. The minimum Gasteiger partial charge on any atom is -0.330 e. The topological polar surface area (TPSA) is 41.3 Å². The van der Waals surface area contributed by atoms with E-state index in [1.54, 1.807) is 0 Å². The molecule has 17 heavy (non-hydrogen) atoms. The number of nitrogens with two attached hydrogens (primary N) is 1. The van der Waals surface area contributed by atoms with Crippen molar-refractivity contribution in [3.8, 4) is 0 Å². The number of hydrogen-bond acceptors (Lipinski definition) is 3. The van der Waals surface area contributed by atoms with Crippen molar-refractivity contribution in [1.82, 2.24) is 10.2 Å². The highest BCUT2D eigenvalue weighted by Gasteiger charge is 2.30. The maximum absolute atomic E-state index is 5.76. The van der Waals surface area contributed by atoms with Crippen LogP contribution in [0.5, 0.6) is 0 Å². The lowest BCUT2D eigenvalue weighted by Gasteiger charge is -2.34. The van der Waals surface area contributed by atoms with Crippen molar-refractivity contribution in [2.75, 3.05) is 39.8 Å². The molecule has 0 aromatic carbocycles. The normalized spacial score (nSPS) is 24.4. The number of hydrogen-bond donors (Lipinski definition) is 2. The fourth-order valence-corrected chi connectivity index (χ4v) is 2.51. The summed E-state index contributed by atoms with van der Waals surface area (Å²) < 4.78 is 0. The number of nitrogens with one attached hydrogen (secondary N) is 1. The molecule has 1 saturated heterocycles. The van der Waals surface area contributed by atoms with Gasteiger partial charge in [0, 0.05) is 19.6 Å². The molecule has 5 heteroatoms. The van der Waals surface area contributed by atoms with Gasteiger partial charge in [-0.05, 0) is 37.4 Å². The van der Waals surface area contributed by atoms with Gasteiger partial charge in [-0.3, -0.25) is 0 Å². The summed E-state index contributed by atoms with van der Waals surface area (Å²) in [4.78, 5) is 2.43. The molecule has 3 nitrogen and oxygen atoms in total. The second-order valence-corrected chi connectivity index (χ2v) is 6.28. The van der Waals surface area contributed by atoms with Gasteiger partial charge in [-0.2, -0.15) is 0 Å². The summed E-state index contributed by atoms with van der Waals surface area (Å²) in [6, 6.07) is 0. The zero-order chi connectivity index (χ0) is 11.5. The monoisotopic (exact) mass is 285 g/mol. The van der Waals surface area contributed by atoms with Crippen LogP contribution in [0.1, 0.15) is 27.2 Å². The van der Waals surface area contributed by atoms with Crippen molar-refractivity contribution in [3.05, 3.63) is 0 Å². The van der Waals surface area contributed by atoms with E-state index in [-0.39, 0.29) is 30.2 Å². The first-order chi connectivity index (χ1) is 6.87. The van der Waals surface area contributed by atoms with E-state index < -0.39 is 0 Å². The highest BCUT2D eigenvalue weighted by Crippen LogP contribution is 2.26. The Morgan fingerprint density at radius 3 is 2.35 bits per heavy atom. The van der Waals surface area contributed by atoms with E-state index in [0.29, 0.717) is 5.41 Å². The molecule has 0 saturated carbocycles. The van der Waals surface area contributed by atoms with Crippen molar-refractivity contribution in [2.24, 2.45) is 16.6 Å². The van der Waals surface area contributed by atoms with Crippen molar-refractivity contribution in [3.63, 3.8) is 0 Å². The van der Waals surface area contributed by atoms with Gasteiger partial charge in [0.05, 0.1) is 0 Å². The second-order valence-electron chi connectivity index (χ2n) is 6.28. The van der Waals surface area contributed by atoms with Crippen LogP contribution < -0.4 is 11.1 Å². The molecule has 1 unspecified atom stereocenters. The number of rotatable bonds is 5. The van der Waals surface area contributed by atoms with Gasteiger partial charge in [-0.25, -0.2) is 0 Å². The molecule has 0 spiro atoms. The van der Waals surface area contributed by atoms with Gasteiger partial charge in [0.25, 0.3) is 0 Å². The van der Waals surface area contributed by atoms with Crippen LogP contribution in [0.15, 0.2) is 0 Å².